The fraction of sp³-hybridized carbons (Fsp3) is 0.412. The summed E-state index contributed by atoms with van der Waals surface area (Å²) in [6.45, 7) is 41.5. The molecule has 0 aliphatic rings. The Kier molecular flexibility index (Phi) is 46.0. The van der Waals surface area contributed by atoms with Crippen LogP contribution in [0.4, 0.5) is 0 Å². The van der Waals surface area contributed by atoms with E-state index in [1.165, 1.54) is 132 Å². The Morgan fingerprint density at radius 3 is 1.15 bits per heavy atom. The maximum absolute atomic E-state index is 4.48. The molecule has 0 aliphatic carbocycles. The molecule has 0 saturated carbocycles. The molecule has 0 atom stereocenters. The molecule has 11 heteroatoms. The average Bonchev–Trinajstić information content (AvgIpc) is 1.64. The molecule has 14 aromatic rings. The molecule has 0 radical (unpaired) electrons. The Labute approximate surface area is 586 Å². The van der Waals surface area contributed by atoms with Crippen molar-refractivity contribution in [1.82, 2.24) is 53.2 Å². The van der Waals surface area contributed by atoms with Crippen molar-refractivity contribution in [3.05, 3.63) is 190 Å². The topological polar surface area (TPSA) is 102 Å². The molecule has 9 aromatic heterocycles. The van der Waals surface area contributed by atoms with Crippen molar-refractivity contribution in [2.45, 2.75) is 213 Å². The van der Waals surface area contributed by atoms with Gasteiger partial charge in [-0.15, -0.1) is 5.10 Å². The van der Waals surface area contributed by atoms with Gasteiger partial charge in [-0.1, -0.05) is 203 Å². The third kappa shape index (κ3) is 19.3. The van der Waals surface area contributed by atoms with Crippen LogP contribution in [-0.4, -0.2) is 53.2 Å². The Balaban J connectivity index is -0.000000249. The Bertz CT molecular complexity index is 4040. The third-order valence-electron chi connectivity index (χ3n) is 16.1. The summed E-state index contributed by atoms with van der Waals surface area (Å²) in [5, 5.41) is 16.9. The first kappa shape index (κ1) is 98.4. The summed E-state index contributed by atoms with van der Waals surface area (Å²) < 4.78 is 10.7. The van der Waals surface area contributed by atoms with Gasteiger partial charge < -0.3 is 18.3 Å². The lowest BCUT2D eigenvalue weighted by atomic mass is 10.1. The predicted molar refractivity (Wildman–Crippen MR) is 443 cm³/mol. The van der Waals surface area contributed by atoms with Crippen LogP contribution in [0.5, 0.6) is 0 Å². The van der Waals surface area contributed by atoms with Crippen molar-refractivity contribution in [2.24, 2.45) is 35.2 Å². The van der Waals surface area contributed by atoms with Crippen molar-refractivity contribution in [2.75, 3.05) is 0 Å². The lowest BCUT2D eigenvalue weighted by Crippen LogP contribution is -1.92. The first-order chi connectivity index (χ1) is 41.5. The second kappa shape index (κ2) is 44.9. The van der Waals surface area contributed by atoms with Crippen molar-refractivity contribution >= 4 is 98.5 Å². The largest absolute Gasteiger partial charge is 0.343 e. The highest BCUT2D eigenvalue weighted by atomic mass is 15.4. The van der Waals surface area contributed by atoms with E-state index in [1.807, 2.05) is 136 Å². The van der Waals surface area contributed by atoms with Crippen molar-refractivity contribution in [1.29, 1.82) is 0 Å². The second-order valence-electron chi connectivity index (χ2n) is 20.5. The minimum Gasteiger partial charge on any atom is -0.343 e. The van der Waals surface area contributed by atoms with Crippen LogP contribution in [0.2, 0.25) is 0 Å². The molecule has 14 rings (SSSR count). The monoisotopic (exact) mass is 1310 g/mol. The van der Waals surface area contributed by atoms with Gasteiger partial charge >= 0.3 is 0 Å². The van der Waals surface area contributed by atoms with E-state index in [2.05, 4.69) is 225 Å². The van der Waals surface area contributed by atoms with Gasteiger partial charge in [-0.2, -0.15) is 0 Å². The highest BCUT2D eigenvalue weighted by Gasteiger charge is 2.15. The average molecular weight is 1310 g/mol. The predicted octanol–water partition coefficient (Wildman–Crippen LogP) is 26.5. The first-order valence-electron chi connectivity index (χ1n) is 30.9. The molecule has 0 N–H and O–H groups in total. The lowest BCUT2D eigenvalue weighted by molar-refractivity contribution is 0.735. The quantitative estimate of drug-likeness (QED) is 0.150. The van der Waals surface area contributed by atoms with Crippen molar-refractivity contribution in [3.8, 4) is 0 Å². The number of benzene rings is 5. The van der Waals surface area contributed by atoms with Crippen molar-refractivity contribution in [3.63, 3.8) is 0 Å². The number of nitrogens with zero attached hydrogens (tertiary/aromatic N) is 11. The van der Waals surface area contributed by atoms with Gasteiger partial charge in [-0.05, 0) is 167 Å². The van der Waals surface area contributed by atoms with Gasteiger partial charge in [0, 0.05) is 104 Å². The summed E-state index contributed by atoms with van der Waals surface area (Å²) >= 11 is 0. The van der Waals surface area contributed by atoms with Gasteiger partial charge in [0.25, 0.3) is 0 Å². The molecule has 96 heavy (non-hydrogen) atoms. The zero-order chi connectivity index (χ0) is 63.9. The van der Waals surface area contributed by atoms with Gasteiger partial charge in [0.05, 0.1) is 55.8 Å². The Morgan fingerprint density at radius 2 is 0.646 bits per heavy atom. The molecule has 532 valence electrons. The van der Waals surface area contributed by atoms with E-state index in [1.54, 1.807) is 0 Å². The molecular formula is C85H137N11. The summed E-state index contributed by atoms with van der Waals surface area (Å²) in [7, 11) is 10.3. The summed E-state index contributed by atoms with van der Waals surface area (Å²) in [5.74, 6) is 0. The van der Waals surface area contributed by atoms with Gasteiger partial charge in [0.2, 0.25) is 0 Å². The number of hydrogen-bond donors (Lipinski definition) is 0. The standard InChI is InChI=1S/4C14H14N2.C9H11N3.5C2H6.10CH4/c1-9-4-5-12-11-6-7-15-8-13(11)16(3)14(12)10(9)2;1-9-4-5-11-12-8-15-7-6-13(12)16(3)14(11)10(9)2;1-9-6-7-11-13-12(5-4-8-15-13)16(3)14(11)10(9)2;1-9-6-7-11-12-5-4-8-15-14(12)16(3)13(11)10(9)2;1-6-4-5-8-9(7(6)2)12(3)11-10-8;5*1-2;;;;;;;;;;/h4*4-8H,1-3H3;4-5H,1-3H3;5*1-2H3;10*1H4. The Morgan fingerprint density at radius 1 is 0.281 bits per heavy atom. The molecule has 5 aromatic carbocycles. The normalized spacial score (nSPS) is 9.30. The molecular weight excluding hydrogens is 1180 g/mol. The van der Waals surface area contributed by atoms with E-state index in [0.717, 1.165) is 22.2 Å². The fourth-order valence-corrected chi connectivity index (χ4v) is 11.2. The van der Waals surface area contributed by atoms with Crippen LogP contribution in [-0.2, 0) is 35.2 Å². The van der Waals surface area contributed by atoms with Crippen molar-refractivity contribution < 1.29 is 0 Å². The fourth-order valence-electron chi connectivity index (χ4n) is 11.2. The highest BCUT2D eigenvalue weighted by molar-refractivity contribution is 6.11. The van der Waals surface area contributed by atoms with Crippen LogP contribution < -0.4 is 0 Å². The Hall–Kier alpha value is -8.70. The van der Waals surface area contributed by atoms with Crippen LogP contribution in [0, 0.1) is 69.2 Å². The molecule has 0 bridgehead atoms. The van der Waals surface area contributed by atoms with Crippen LogP contribution in [0.1, 0.15) is 199 Å². The number of rotatable bonds is 0. The molecule has 0 aliphatic heterocycles. The van der Waals surface area contributed by atoms with Gasteiger partial charge in [-0.3, -0.25) is 15.0 Å². The molecule has 0 fully saturated rings. The lowest BCUT2D eigenvalue weighted by Gasteiger charge is -2.04. The van der Waals surface area contributed by atoms with Gasteiger partial charge in [-0.25, -0.2) is 9.67 Å². The third-order valence-corrected chi connectivity index (χ3v) is 16.1. The first-order valence-corrected chi connectivity index (χ1v) is 30.9. The summed E-state index contributed by atoms with van der Waals surface area (Å²) in [4.78, 5) is 17.3. The van der Waals surface area contributed by atoms with E-state index in [-0.39, 0.29) is 74.3 Å². The number of aryl methyl sites for hydroxylation is 15. The van der Waals surface area contributed by atoms with E-state index in [9.17, 15) is 0 Å². The van der Waals surface area contributed by atoms with Crippen LogP contribution in [0.25, 0.3) is 98.5 Å². The van der Waals surface area contributed by atoms with E-state index < -0.39 is 0 Å². The number of aromatic nitrogens is 11. The smallest absolute Gasteiger partial charge is 0.140 e. The van der Waals surface area contributed by atoms with E-state index in [4.69, 9.17) is 0 Å². The maximum atomic E-state index is 4.48. The van der Waals surface area contributed by atoms with Crippen LogP contribution in [0.15, 0.2) is 134 Å². The molecule has 0 unspecified atom stereocenters. The SMILES string of the molecule is C.C.C.C.C.C.C.C.C.C.CC.CC.CC.CC.CC.Cc1ccc2c3cccnc3n(C)c2c1C.Cc1ccc2c3ccncc3n(C)c2c1C.Cc1ccc2c3cnccc3n(C)c2c1C.Cc1ccc2c3ncccc3n(C)c2c1C.Cc1ccc2nnn(C)c2c1C. The molecule has 0 amide bonds. The number of pyridine rings is 4. The molecule has 0 saturated heterocycles. The maximum Gasteiger partial charge on any atom is 0.140 e. The van der Waals surface area contributed by atoms with Crippen LogP contribution >= 0.6 is 0 Å². The minimum absolute atomic E-state index is 0. The minimum atomic E-state index is 0. The zero-order valence-electron chi connectivity index (χ0n) is 56.6. The zero-order valence-corrected chi connectivity index (χ0v) is 56.6. The van der Waals surface area contributed by atoms with Crippen LogP contribution in [0.3, 0.4) is 0 Å². The molecule has 9 heterocycles. The summed E-state index contributed by atoms with van der Waals surface area (Å²) in [5.41, 5.74) is 26.5. The highest BCUT2D eigenvalue weighted by Crippen LogP contribution is 2.34. The van der Waals surface area contributed by atoms with E-state index >= 15 is 0 Å². The second-order valence-corrected chi connectivity index (χ2v) is 20.5. The van der Waals surface area contributed by atoms with E-state index in [0.29, 0.717) is 0 Å². The summed E-state index contributed by atoms with van der Waals surface area (Å²) in [6, 6.07) is 34.0. The van der Waals surface area contributed by atoms with Gasteiger partial charge in [0.15, 0.2) is 0 Å². The molecule has 11 nitrogen and oxygen atoms in total. The number of hydrogen-bond acceptors (Lipinski definition) is 6. The van der Waals surface area contributed by atoms with Gasteiger partial charge in [0.1, 0.15) is 11.2 Å². The number of fused-ring (bicyclic) bond motifs is 13. The summed E-state index contributed by atoms with van der Waals surface area (Å²) in [6.07, 6.45) is 11.3. The molecule has 0 spiro atoms.